The van der Waals surface area contributed by atoms with Crippen LogP contribution in [0.2, 0.25) is 5.28 Å². The zero-order chi connectivity index (χ0) is 22.4. The van der Waals surface area contributed by atoms with Gasteiger partial charge in [0.15, 0.2) is 5.82 Å². The van der Waals surface area contributed by atoms with Crippen molar-refractivity contribution in [3.05, 3.63) is 84.3 Å². The lowest BCUT2D eigenvalue weighted by Gasteiger charge is -2.07. The highest BCUT2D eigenvalue weighted by Crippen LogP contribution is 2.25. The Morgan fingerprint density at radius 2 is 1.91 bits per heavy atom. The molecular formula is C23H15ClN8O. The third-order valence-corrected chi connectivity index (χ3v) is 5.57. The van der Waals surface area contributed by atoms with E-state index in [9.17, 15) is 4.79 Å². The van der Waals surface area contributed by atoms with Gasteiger partial charge in [0, 0.05) is 46.1 Å². The van der Waals surface area contributed by atoms with Gasteiger partial charge in [-0.2, -0.15) is 5.10 Å². The van der Waals surface area contributed by atoms with Crippen molar-refractivity contribution in [1.29, 1.82) is 0 Å². The molecule has 3 N–H and O–H groups in total. The second kappa shape index (κ2) is 7.57. The maximum absolute atomic E-state index is 12.7. The van der Waals surface area contributed by atoms with Gasteiger partial charge < -0.3 is 10.3 Å². The molecule has 6 aromatic rings. The minimum Gasteiger partial charge on any atom is -0.350 e. The summed E-state index contributed by atoms with van der Waals surface area (Å²) >= 11 is 5.97. The molecule has 0 radical (unpaired) electrons. The number of nitrogens with zero attached hydrogens (tertiary/aromatic N) is 5. The lowest BCUT2D eigenvalue weighted by Crippen LogP contribution is -2.11. The summed E-state index contributed by atoms with van der Waals surface area (Å²) < 4.78 is 1.28. The molecule has 4 aromatic heterocycles. The number of carbonyl (C=O) groups excluding carboxylic acids is 1. The topological polar surface area (TPSA) is 117 Å². The average molecular weight is 455 g/mol. The van der Waals surface area contributed by atoms with E-state index in [0.717, 1.165) is 33.1 Å². The third kappa shape index (κ3) is 3.50. The SMILES string of the molecule is O=C(c1cc2ccc(-c3nccc(Nc4ccc5[nH]ncc5c4)n3)cc2[nH]1)n1ccnc1Cl. The Morgan fingerprint density at radius 3 is 2.79 bits per heavy atom. The first-order valence-corrected chi connectivity index (χ1v) is 10.4. The van der Waals surface area contributed by atoms with Crippen LogP contribution in [-0.2, 0) is 0 Å². The van der Waals surface area contributed by atoms with Crippen molar-refractivity contribution in [2.24, 2.45) is 0 Å². The van der Waals surface area contributed by atoms with Gasteiger partial charge in [-0.3, -0.25) is 14.5 Å². The largest absolute Gasteiger partial charge is 0.350 e. The minimum atomic E-state index is -0.285. The molecule has 6 rings (SSSR count). The number of hydrogen-bond acceptors (Lipinski definition) is 6. The molecule has 0 aliphatic rings. The molecule has 0 spiro atoms. The van der Waals surface area contributed by atoms with E-state index in [1.54, 1.807) is 18.5 Å². The number of aromatic amines is 2. The number of rotatable bonds is 4. The van der Waals surface area contributed by atoms with Gasteiger partial charge in [0.2, 0.25) is 5.28 Å². The molecule has 4 heterocycles. The second-order valence-electron chi connectivity index (χ2n) is 7.42. The number of benzene rings is 2. The number of fused-ring (bicyclic) bond motifs is 2. The quantitative estimate of drug-likeness (QED) is 0.353. The van der Waals surface area contributed by atoms with E-state index in [0.29, 0.717) is 17.3 Å². The summed E-state index contributed by atoms with van der Waals surface area (Å²) in [5.74, 6) is 0.943. The molecule has 10 heteroatoms. The van der Waals surface area contributed by atoms with Crippen LogP contribution in [0.5, 0.6) is 0 Å². The predicted octanol–water partition coefficient (Wildman–Crippen LogP) is 4.78. The van der Waals surface area contributed by atoms with Crippen LogP contribution in [0.3, 0.4) is 0 Å². The van der Waals surface area contributed by atoms with E-state index in [-0.39, 0.29) is 11.2 Å². The molecule has 0 bridgehead atoms. The Bertz CT molecular complexity index is 1650. The van der Waals surface area contributed by atoms with Gasteiger partial charge >= 0.3 is 0 Å². The minimum absolute atomic E-state index is 0.115. The van der Waals surface area contributed by atoms with Crippen LogP contribution in [0.15, 0.2) is 73.3 Å². The molecule has 0 aliphatic carbocycles. The van der Waals surface area contributed by atoms with Gasteiger partial charge in [-0.1, -0.05) is 12.1 Å². The van der Waals surface area contributed by atoms with Crippen LogP contribution in [-0.4, -0.2) is 40.6 Å². The van der Waals surface area contributed by atoms with E-state index >= 15 is 0 Å². The normalized spacial score (nSPS) is 11.3. The smallest absolute Gasteiger partial charge is 0.280 e. The number of anilines is 2. The summed E-state index contributed by atoms with van der Waals surface area (Å²) in [5.41, 5.74) is 3.89. The fourth-order valence-corrected chi connectivity index (χ4v) is 3.87. The Morgan fingerprint density at radius 1 is 0.970 bits per heavy atom. The lowest BCUT2D eigenvalue weighted by atomic mass is 10.1. The molecule has 0 unspecified atom stereocenters. The van der Waals surface area contributed by atoms with Gasteiger partial charge in [-0.05, 0) is 48.0 Å². The molecule has 160 valence electrons. The Hall–Kier alpha value is -4.50. The van der Waals surface area contributed by atoms with Gasteiger partial charge in [0.05, 0.1) is 11.7 Å². The number of halogens is 1. The Kier molecular flexibility index (Phi) is 4.41. The van der Waals surface area contributed by atoms with Crippen molar-refractivity contribution in [3.63, 3.8) is 0 Å². The monoisotopic (exact) mass is 454 g/mol. The summed E-state index contributed by atoms with van der Waals surface area (Å²) in [6.45, 7) is 0. The van der Waals surface area contributed by atoms with Crippen LogP contribution < -0.4 is 5.32 Å². The standard InChI is InChI=1S/C23H15ClN8O/c24-23-26-7-8-32(23)22(33)19-10-13-1-2-14(11-18(13)29-19)21-25-6-5-20(30-21)28-16-3-4-17-15(9-16)12-27-31-17/h1-12,29H,(H,27,31)(H,25,28,30). The number of carbonyl (C=O) groups is 1. The third-order valence-electron chi connectivity index (χ3n) is 5.29. The zero-order valence-corrected chi connectivity index (χ0v) is 17.7. The fraction of sp³-hybridized carbons (Fsp3) is 0. The summed E-state index contributed by atoms with van der Waals surface area (Å²) in [4.78, 5) is 28.8. The maximum Gasteiger partial charge on any atom is 0.280 e. The number of nitrogens with one attached hydrogen (secondary N) is 3. The van der Waals surface area contributed by atoms with E-state index in [1.807, 2.05) is 42.5 Å². The van der Waals surface area contributed by atoms with Crippen LogP contribution in [0.25, 0.3) is 33.2 Å². The molecule has 0 saturated carbocycles. The molecular weight excluding hydrogens is 440 g/mol. The summed E-state index contributed by atoms with van der Waals surface area (Å²) in [6.07, 6.45) is 6.48. The van der Waals surface area contributed by atoms with E-state index in [2.05, 4.69) is 35.5 Å². The van der Waals surface area contributed by atoms with Gasteiger partial charge in [0.1, 0.15) is 11.5 Å². The summed E-state index contributed by atoms with van der Waals surface area (Å²) in [5, 5.41) is 12.3. The zero-order valence-electron chi connectivity index (χ0n) is 17.0. The lowest BCUT2D eigenvalue weighted by molar-refractivity contribution is 0.0956. The molecule has 2 aromatic carbocycles. The van der Waals surface area contributed by atoms with Crippen molar-refractivity contribution in [1.82, 2.24) is 34.7 Å². The number of H-pyrrole nitrogens is 2. The van der Waals surface area contributed by atoms with Gasteiger partial charge in [-0.15, -0.1) is 0 Å². The molecule has 0 aliphatic heterocycles. The average Bonchev–Trinajstić information content (AvgIpc) is 3.57. The number of imidazole rings is 1. The molecule has 9 nitrogen and oxygen atoms in total. The van der Waals surface area contributed by atoms with Crippen molar-refractivity contribution in [3.8, 4) is 11.4 Å². The highest BCUT2D eigenvalue weighted by atomic mass is 35.5. The fourth-order valence-electron chi connectivity index (χ4n) is 3.68. The summed E-state index contributed by atoms with van der Waals surface area (Å²) in [7, 11) is 0. The van der Waals surface area contributed by atoms with Crippen molar-refractivity contribution >= 4 is 50.8 Å². The first kappa shape index (κ1) is 19.2. The van der Waals surface area contributed by atoms with E-state index < -0.39 is 0 Å². The maximum atomic E-state index is 12.7. The van der Waals surface area contributed by atoms with Crippen LogP contribution in [0.4, 0.5) is 11.5 Å². The highest BCUT2D eigenvalue weighted by Gasteiger charge is 2.15. The number of aromatic nitrogens is 7. The Balaban J connectivity index is 1.30. The molecule has 0 amide bonds. The molecule has 33 heavy (non-hydrogen) atoms. The highest BCUT2D eigenvalue weighted by molar-refractivity contribution is 6.29. The van der Waals surface area contributed by atoms with Crippen molar-refractivity contribution in [2.75, 3.05) is 5.32 Å². The van der Waals surface area contributed by atoms with Crippen LogP contribution in [0, 0.1) is 0 Å². The van der Waals surface area contributed by atoms with Crippen LogP contribution in [0.1, 0.15) is 10.5 Å². The first-order chi connectivity index (χ1) is 16.1. The first-order valence-electron chi connectivity index (χ1n) is 10.0. The van der Waals surface area contributed by atoms with Gasteiger partial charge in [0.25, 0.3) is 5.91 Å². The van der Waals surface area contributed by atoms with Gasteiger partial charge in [-0.25, -0.2) is 15.0 Å². The molecule has 0 atom stereocenters. The van der Waals surface area contributed by atoms with E-state index in [1.165, 1.54) is 17.0 Å². The number of hydrogen-bond donors (Lipinski definition) is 3. The van der Waals surface area contributed by atoms with Crippen LogP contribution >= 0.6 is 11.6 Å². The van der Waals surface area contributed by atoms with Crippen molar-refractivity contribution in [2.45, 2.75) is 0 Å². The molecule has 0 saturated heterocycles. The Labute approximate surface area is 191 Å². The molecule has 0 fully saturated rings. The van der Waals surface area contributed by atoms with E-state index in [4.69, 9.17) is 11.6 Å². The summed E-state index contributed by atoms with van der Waals surface area (Å²) in [6, 6.07) is 15.3. The second-order valence-corrected chi connectivity index (χ2v) is 7.76. The predicted molar refractivity (Wildman–Crippen MR) is 126 cm³/mol. The van der Waals surface area contributed by atoms with Crippen molar-refractivity contribution < 1.29 is 4.79 Å².